The molecule has 3 nitrogen and oxygen atoms in total. The van der Waals surface area contributed by atoms with Gasteiger partial charge in [-0.2, -0.15) is 0 Å². The Morgan fingerprint density at radius 1 is 1.47 bits per heavy atom. The van der Waals surface area contributed by atoms with E-state index in [4.69, 9.17) is 4.74 Å². The van der Waals surface area contributed by atoms with E-state index in [1.54, 1.807) is 18.2 Å². The van der Waals surface area contributed by atoms with Crippen molar-refractivity contribution in [3.05, 3.63) is 22.7 Å². The van der Waals surface area contributed by atoms with Crippen LogP contribution < -0.4 is 10.1 Å². The molecule has 1 fully saturated rings. The van der Waals surface area contributed by atoms with Gasteiger partial charge in [-0.15, -0.1) is 0 Å². The molecule has 0 radical (unpaired) electrons. The van der Waals surface area contributed by atoms with E-state index in [1.807, 2.05) is 0 Å². The topological polar surface area (TPSA) is 41.5 Å². The Morgan fingerprint density at radius 3 is 3.07 bits per heavy atom. The summed E-state index contributed by atoms with van der Waals surface area (Å²) in [6.45, 7) is 1.91. The fourth-order valence-corrected chi connectivity index (χ4v) is 2.02. The summed E-state index contributed by atoms with van der Waals surface area (Å²) in [6.07, 6.45) is 2.33. The number of ether oxygens (including phenoxy) is 1. The molecule has 1 aromatic rings. The van der Waals surface area contributed by atoms with Gasteiger partial charge in [0.15, 0.2) is 11.5 Å². The first-order chi connectivity index (χ1) is 7.25. The molecule has 1 atom stereocenters. The Bertz CT molecular complexity index is 337. The molecule has 0 saturated carbocycles. The van der Waals surface area contributed by atoms with E-state index in [2.05, 4.69) is 21.2 Å². The van der Waals surface area contributed by atoms with Crippen LogP contribution in [0, 0.1) is 0 Å². The Labute approximate surface area is 97.6 Å². The third-order valence-corrected chi connectivity index (χ3v) is 2.96. The molecule has 0 aromatic heterocycles. The van der Waals surface area contributed by atoms with E-state index in [0.717, 1.165) is 30.4 Å². The molecular formula is C11H14BrNO2. The Hall–Kier alpha value is -0.740. The molecule has 1 unspecified atom stereocenters. The summed E-state index contributed by atoms with van der Waals surface area (Å²) < 4.78 is 6.64. The van der Waals surface area contributed by atoms with Gasteiger partial charge in [-0.3, -0.25) is 0 Å². The zero-order chi connectivity index (χ0) is 10.7. The van der Waals surface area contributed by atoms with Crippen molar-refractivity contribution in [2.24, 2.45) is 0 Å². The number of phenols is 1. The predicted octanol–water partition coefficient (Wildman–Crippen LogP) is 2.29. The molecule has 1 aliphatic heterocycles. The second-order valence-corrected chi connectivity index (χ2v) is 4.61. The van der Waals surface area contributed by atoms with E-state index in [9.17, 15) is 5.11 Å². The number of aromatic hydroxyl groups is 1. The molecule has 1 heterocycles. The van der Waals surface area contributed by atoms with Crippen LogP contribution in [0.3, 0.4) is 0 Å². The molecule has 82 valence electrons. The minimum atomic E-state index is 0.166. The normalized spacial score (nSPS) is 21.3. The van der Waals surface area contributed by atoms with Gasteiger partial charge in [0, 0.05) is 11.0 Å². The summed E-state index contributed by atoms with van der Waals surface area (Å²) in [5, 5.41) is 12.9. The van der Waals surface area contributed by atoms with Crippen molar-refractivity contribution in [1.29, 1.82) is 0 Å². The quantitative estimate of drug-likeness (QED) is 0.867. The monoisotopic (exact) mass is 271 g/mol. The summed E-state index contributed by atoms with van der Waals surface area (Å²) in [7, 11) is 0. The molecule has 4 heteroatoms. The number of hydrogen-bond donors (Lipinski definition) is 2. The number of nitrogens with one attached hydrogen (secondary N) is 1. The fourth-order valence-electron chi connectivity index (χ4n) is 1.68. The maximum absolute atomic E-state index is 9.60. The summed E-state index contributed by atoms with van der Waals surface area (Å²) in [5.41, 5.74) is 0. The van der Waals surface area contributed by atoms with Crippen LogP contribution in [-0.2, 0) is 0 Å². The van der Waals surface area contributed by atoms with Crippen molar-refractivity contribution in [3.63, 3.8) is 0 Å². The van der Waals surface area contributed by atoms with Crippen molar-refractivity contribution < 1.29 is 9.84 Å². The van der Waals surface area contributed by atoms with Gasteiger partial charge in [-0.25, -0.2) is 0 Å². The second kappa shape index (κ2) is 4.86. The molecule has 0 aliphatic carbocycles. The molecule has 1 aromatic carbocycles. The van der Waals surface area contributed by atoms with Crippen molar-refractivity contribution >= 4 is 15.9 Å². The SMILES string of the molecule is Oc1ccc(Br)cc1OC1CCCNC1. The van der Waals surface area contributed by atoms with Crippen molar-refractivity contribution in [1.82, 2.24) is 5.32 Å². The van der Waals surface area contributed by atoms with Crippen molar-refractivity contribution in [2.45, 2.75) is 18.9 Å². The largest absolute Gasteiger partial charge is 0.504 e. The Kier molecular flexibility index (Phi) is 3.49. The van der Waals surface area contributed by atoms with E-state index in [-0.39, 0.29) is 11.9 Å². The lowest BCUT2D eigenvalue weighted by Gasteiger charge is -2.24. The average Bonchev–Trinajstić information content (AvgIpc) is 2.25. The first kappa shape index (κ1) is 10.8. The Morgan fingerprint density at radius 2 is 2.33 bits per heavy atom. The van der Waals surface area contributed by atoms with Gasteiger partial charge in [-0.1, -0.05) is 15.9 Å². The Balaban J connectivity index is 2.05. The number of benzene rings is 1. The highest BCUT2D eigenvalue weighted by molar-refractivity contribution is 9.10. The molecule has 0 amide bonds. The van der Waals surface area contributed by atoms with Gasteiger partial charge in [0.05, 0.1) is 0 Å². The average molecular weight is 272 g/mol. The van der Waals surface area contributed by atoms with Crippen LogP contribution in [0.25, 0.3) is 0 Å². The van der Waals surface area contributed by atoms with Crippen LogP contribution in [0.1, 0.15) is 12.8 Å². The summed E-state index contributed by atoms with van der Waals surface area (Å²) in [5.74, 6) is 0.752. The minimum Gasteiger partial charge on any atom is -0.504 e. The first-order valence-electron chi connectivity index (χ1n) is 5.11. The van der Waals surface area contributed by atoms with Gasteiger partial charge >= 0.3 is 0 Å². The molecule has 15 heavy (non-hydrogen) atoms. The number of hydrogen-bond acceptors (Lipinski definition) is 3. The number of piperidine rings is 1. The number of phenolic OH excluding ortho intramolecular Hbond substituents is 1. The molecule has 2 rings (SSSR count). The van der Waals surface area contributed by atoms with E-state index in [1.165, 1.54) is 0 Å². The predicted molar refractivity (Wildman–Crippen MR) is 62.3 cm³/mol. The maximum atomic E-state index is 9.60. The minimum absolute atomic E-state index is 0.166. The smallest absolute Gasteiger partial charge is 0.162 e. The zero-order valence-corrected chi connectivity index (χ0v) is 9.96. The first-order valence-corrected chi connectivity index (χ1v) is 5.91. The van der Waals surface area contributed by atoms with Crippen molar-refractivity contribution in [2.75, 3.05) is 13.1 Å². The maximum Gasteiger partial charge on any atom is 0.162 e. The van der Waals surface area contributed by atoms with Crippen LogP contribution in [0.4, 0.5) is 0 Å². The third-order valence-electron chi connectivity index (χ3n) is 2.47. The highest BCUT2D eigenvalue weighted by atomic mass is 79.9. The molecule has 0 bridgehead atoms. The summed E-state index contributed by atoms with van der Waals surface area (Å²) in [6, 6.07) is 5.22. The van der Waals surface area contributed by atoms with Gasteiger partial charge in [0.2, 0.25) is 0 Å². The second-order valence-electron chi connectivity index (χ2n) is 3.70. The highest BCUT2D eigenvalue weighted by Gasteiger charge is 2.15. The van der Waals surface area contributed by atoms with E-state index in [0.29, 0.717) is 5.75 Å². The van der Waals surface area contributed by atoms with Crippen LogP contribution in [0.5, 0.6) is 11.5 Å². The lowest BCUT2D eigenvalue weighted by atomic mass is 10.1. The van der Waals surface area contributed by atoms with Gasteiger partial charge in [-0.05, 0) is 37.6 Å². The molecule has 0 spiro atoms. The number of rotatable bonds is 2. The molecule has 1 saturated heterocycles. The molecular weight excluding hydrogens is 258 g/mol. The summed E-state index contributed by atoms with van der Waals surface area (Å²) in [4.78, 5) is 0. The van der Waals surface area contributed by atoms with Gasteiger partial charge in [0.1, 0.15) is 6.10 Å². The zero-order valence-electron chi connectivity index (χ0n) is 8.37. The van der Waals surface area contributed by atoms with Gasteiger partial charge < -0.3 is 15.2 Å². The van der Waals surface area contributed by atoms with Crippen LogP contribution in [0.2, 0.25) is 0 Å². The van der Waals surface area contributed by atoms with E-state index < -0.39 is 0 Å². The van der Waals surface area contributed by atoms with Crippen LogP contribution in [0.15, 0.2) is 22.7 Å². The van der Waals surface area contributed by atoms with Gasteiger partial charge in [0.25, 0.3) is 0 Å². The standard InChI is InChI=1S/C11H14BrNO2/c12-8-3-4-10(14)11(6-8)15-9-2-1-5-13-7-9/h3-4,6,9,13-14H,1-2,5,7H2. The lowest BCUT2D eigenvalue weighted by molar-refractivity contribution is 0.161. The van der Waals surface area contributed by atoms with Crippen LogP contribution in [-0.4, -0.2) is 24.3 Å². The summed E-state index contributed by atoms with van der Waals surface area (Å²) >= 11 is 3.35. The van der Waals surface area contributed by atoms with Crippen molar-refractivity contribution in [3.8, 4) is 11.5 Å². The lowest BCUT2D eigenvalue weighted by Crippen LogP contribution is -2.37. The fraction of sp³-hybridized carbons (Fsp3) is 0.455. The number of halogens is 1. The molecule has 1 aliphatic rings. The third kappa shape index (κ3) is 2.86. The van der Waals surface area contributed by atoms with Crippen LogP contribution >= 0.6 is 15.9 Å². The molecule has 2 N–H and O–H groups in total. The highest BCUT2D eigenvalue weighted by Crippen LogP contribution is 2.30. The van der Waals surface area contributed by atoms with E-state index >= 15 is 0 Å².